The van der Waals surface area contributed by atoms with E-state index in [9.17, 15) is 9.18 Å². The van der Waals surface area contributed by atoms with E-state index < -0.39 is 5.60 Å². The van der Waals surface area contributed by atoms with Crippen LogP contribution in [0.15, 0.2) is 29.2 Å². The maximum absolute atomic E-state index is 12.9. The minimum absolute atomic E-state index is 0.210. The van der Waals surface area contributed by atoms with Gasteiger partial charge in [-0.1, -0.05) is 0 Å². The van der Waals surface area contributed by atoms with Crippen LogP contribution in [-0.4, -0.2) is 35.4 Å². The van der Waals surface area contributed by atoms with Gasteiger partial charge in [-0.3, -0.25) is 0 Å². The third-order valence-corrected chi connectivity index (χ3v) is 4.71. The minimum Gasteiger partial charge on any atom is -0.444 e. The van der Waals surface area contributed by atoms with Crippen molar-refractivity contribution in [3.05, 3.63) is 30.1 Å². The van der Waals surface area contributed by atoms with E-state index in [0.717, 1.165) is 36.6 Å². The van der Waals surface area contributed by atoms with Gasteiger partial charge in [-0.15, -0.1) is 11.8 Å². The van der Waals surface area contributed by atoms with E-state index in [1.54, 1.807) is 23.9 Å². The molecule has 0 aromatic heterocycles. The Labute approximate surface area is 136 Å². The van der Waals surface area contributed by atoms with Crippen LogP contribution in [0.4, 0.5) is 9.18 Å². The Balaban J connectivity index is 1.82. The number of benzene rings is 1. The zero-order valence-electron chi connectivity index (χ0n) is 13.5. The Morgan fingerprint density at radius 2 is 2.05 bits per heavy atom. The Bertz CT molecular complexity index is 498. The zero-order valence-corrected chi connectivity index (χ0v) is 14.3. The number of ether oxygens (including phenoxy) is 1. The van der Waals surface area contributed by atoms with Crippen molar-refractivity contribution in [1.82, 2.24) is 4.90 Å². The molecule has 5 heteroatoms. The van der Waals surface area contributed by atoms with Crippen LogP contribution < -0.4 is 0 Å². The summed E-state index contributed by atoms with van der Waals surface area (Å²) in [6.07, 6.45) is 1.91. The van der Waals surface area contributed by atoms with Crippen LogP contribution in [0.2, 0.25) is 0 Å². The van der Waals surface area contributed by atoms with Gasteiger partial charge < -0.3 is 9.64 Å². The quantitative estimate of drug-likeness (QED) is 0.763. The molecule has 1 unspecified atom stereocenters. The highest BCUT2D eigenvalue weighted by Gasteiger charge is 2.27. The first-order chi connectivity index (χ1) is 10.3. The number of carbonyl (C=O) groups is 1. The predicted octanol–water partition coefficient (Wildman–Crippen LogP) is 4.56. The predicted molar refractivity (Wildman–Crippen MR) is 87.7 cm³/mol. The van der Waals surface area contributed by atoms with Crippen LogP contribution in [-0.2, 0) is 4.74 Å². The van der Waals surface area contributed by atoms with Gasteiger partial charge in [0.25, 0.3) is 0 Å². The van der Waals surface area contributed by atoms with E-state index in [1.807, 2.05) is 25.7 Å². The number of piperidine rings is 1. The van der Waals surface area contributed by atoms with Gasteiger partial charge in [-0.25, -0.2) is 9.18 Å². The third kappa shape index (κ3) is 5.52. The molecule has 1 aliphatic heterocycles. The molecule has 1 aliphatic rings. The average molecular weight is 325 g/mol. The second-order valence-electron chi connectivity index (χ2n) is 6.70. The number of amides is 1. The monoisotopic (exact) mass is 325 g/mol. The van der Waals surface area contributed by atoms with Gasteiger partial charge in [-0.05, 0) is 63.8 Å². The standard InChI is InChI=1S/C17H24FNO2S/c1-17(2,3)21-16(20)19-10-4-5-13(11-19)12-22-15-8-6-14(18)7-9-15/h6-9,13H,4-5,10-12H2,1-3H3. The Hall–Kier alpha value is -1.23. The van der Waals surface area contributed by atoms with Gasteiger partial charge >= 0.3 is 6.09 Å². The summed E-state index contributed by atoms with van der Waals surface area (Å²) in [7, 11) is 0. The molecule has 3 nitrogen and oxygen atoms in total. The number of hydrogen-bond donors (Lipinski definition) is 0. The molecule has 1 aromatic rings. The van der Waals surface area contributed by atoms with Crippen molar-refractivity contribution in [2.24, 2.45) is 5.92 Å². The Morgan fingerprint density at radius 3 is 2.68 bits per heavy atom. The lowest BCUT2D eigenvalue weighted by Gasteiger charge is -2.34. The van der Waals surface area contributed by atoms with Gasteiger partial charge in [0, 0.05) is 23.7 Å². The van der Waals surface area contributed by atoms with Gasteiger partial charge in [-0.2, -0.15) is 0 Å². The number of thioether (sulfide) groups is 1. The van der Waals surface area contributed by atoms with Crippen LogP contribution >= 0.6 is 11.8 Å². The molecule has 1 saturated heterocycles. The van der Waals surface area contributed by atoms with Crippen molar-refractivity contribution in [2.75, 3.05) is 18.8 Å². The number of carbonyl (C=O) groups excluding carboxylic acids is 1. The molecule has 2 rings (SSSR count). The lowest BCUT2D eigenvalue weighted by Crippen LogP contribution is -2.43. The fourth-order valence-electron chi connectivity index (χ4n) is 2.44. The van der Waals surface area contributed by atoms with Gasteiger partial charge in [0.2, 0.25) is 0 Å². The molecule has 0 saturated carbocycles. The molecule has 1 amide bonds. The van der Waals surface area contributed by atoms with E-state index in [4.69, 9.17) is 4.74 Å². The maximum Gasteiger partial charge on any atom is 0.410 e. The smallest absolute Gasteiger partial charge is 0.410 e. The Morgan fingerprint density at radius 1 is 1.36 bits per heavy atom. The van der Waals surface area contributed by atoms with E-state index in [-0.39, 0.29) is 11.9 Å². The molecule has 0 bridgehead atoms. The largest absolute Gasteiger partial charge is 0.444 e. The van der Waals surface area contributed by atoms with Crippen molar-refractivity contribution in [1.29, 1.82) is 0 Å². The lowest BCUT2D eigenvalue weighted by atomic mass is 10.0. The SMILES string of the molecule is CC(C)(C)OC(=O)N1CCCC(CSc2ccc(F)cc2)C1. The van der Waals surface area contributed by atoms with E-state index in [0.29, 0.717) is 5.92 Å². The maximum atomic E-state index is 12.9. The van der Waals surface area contributed by atoms with Crippen LogP contribution in [0, 0.1) is 11.7 Å². The second kappa shape index (κ2) is 7.36. The number of rotatable bonds is 3. The van der Waals surface area contributed by atoms with Crippen LogP contribution in [0.1, 0.15) is 33.6 Å². The number of nitrogens with zero attached hydrogens (tertiary/aromatic N) is 1. The fourth-order valence-corrected chi connectivity index (χ4v) is 3.47. The fraction of sp³-hybridized carbons (Fsp3) is 0.588. The molecular formula is C17H24FNO2S. The van der Waals surface area contributed by atoms with Crippen molar-refractivity contribution in [3.8, 4) is 0 Å². The summed E-state index contributed by atoms with van der Waals surface area (Å²) in [6.45, 7) is 7.17. The minimum atomic E-state index is -0.451. The summed E-state index contributed by atoms with van der Waals surface area (Å²) in [5, 5.41) is 0. The summed E-state index contributed by atoms with van der Waals surface area (Å²) >= 11 is 1.72. The second-order valence-corrected chi connectivity index (χ2v) is 7.79. The number of likely N-dealkylation sites (tertiary alicyclic amines) is 1. The molecule has 1 atom stereocenters. The first-order valence-corrected chi connectivity index (χ1v) is 8.68. The molecule has 22 heavy (non-hydrogen) atoms. The van der Waals surface area contributed by atoms with Crippen molar-refractivity contribution < 1.29 is 13.9 Å². The molecule has 0 radical (unpaired) electrons. The van der Waals surface area contributed by atoms with E-state index in [2.05, 4.69) is 0 Å². The van der Waals surface area contributed by atoms with Crippen LogP contribution in [0.5, 0.6) is 0 Å². The summed E-state index contributed by atoms with van der Waals surface area (Å²) in [5.41, 5.74) is -0.451. The molecular weight excluding hydrogens is 301 g/mol. The van der Waals surface area contributed by atoms with Crippen LogP contribution in [0.3, 0.4) is 0 Å². The van der Waals surface area contributed by atoms with Crippen LogP contribution in [0.25, 0.3) is 0 Å². The first-order valence-electron chi connectivity index (χ1n) is 7.70. The normalized spacial score (nSPS) is 19.1. The number of halogens is 1. The summed E-state index contributed by atoms with van der Waals surface area (Å²) in [4.78, 5) is 15.0. The molecule has 1 fully saturated rings. The van der Waals surface area contributed by atoms with Gasteiger partial charge in [0.1, 0.15) is 11.4 Å². The Kier molecular flexibility index (Phi) is 5.73. The average Bonchev–Trinajstić information content (AvgIpc) is 2.45. The zero-order chi connectivity index (χ0) is 16.2. The van der Waals surface area contributed by atoms with Crippen molar-refractivity contribution in [2.45, 2.75) is 44.1 Å². The summed E-state index contributed by atoms with van der Waals surface area (Å²) in [5.74, 6) is 1.18. The van der Waals surface area contributed by atoms with Gasteiger partial charge in [0.05, 0.1) is 0 Å². The highest BCUT2D eigenvalue weighted by molar-refractivity contribution is 7.99. The molecule has 0 aliphatic carbocycles. The molecule has 122 valence electrons. The molecule has 0 spiro atoms. The van der Waals surface area contributed by atoms with E-state index in [1.165, 1.54) is 12.1 Å². The molecule has 0 N–H and O–H groups in total. The third-order valence-electron chi connectivity index (χ3n) is 3.47. The first kappa shape index (κ1) is 17.1. The van der Waals surface area contributed by atoms with Crippen molar-refractivity contribution >= 4 is 17.9 Å². The highest BCUT2D eigenvalue weighted by Crippen LogP contribution is 2.26. The highest BCUT2D eigenvalue weighted by atomic mass is 32.2. The topological polar surface area (TPSA) is 29.5 Å². The van der Waals surface area contributed by atoms with Gasteiger partial charge in [0.15, 0.2) is 0 Å². The summed E-state index contributed by atoms with van der Waals surface area (Å²) < 4.78 is 18.3. The summed E-state index contributed by atoms with van der Waals surface area (Å²) in [6, 6.07) is 6.56. The molecule has 1 aromatic carbocycles. The lowest BCUT2D eigenvalue weighted by molar-refractivity contribution is 0.0177. The number of hydrogen-bond acceptors (Lipinski definition) is 3. The van der Waals surface area contributed by atoms with E-state index >= 15 is 0 Å². The van der Waals surface area contributed by atoms with Crippen molar-refractivity contribution in [3.63, 3.8) is 0 Å². The molecule has 1 heterocycles.